The SMILES string of the molecule is COc1cc(/C=C2/SC(=S)N(CCC(=O)Nc3cccc(O)c3)C2=O)cc(OC)c1OC. The lowest BCUT2D eigenvalue weighted by molar-refractivity contribution is -0.122. The minimum atomic E-state index is -0.293. The molecule has 1 heterocycles. The second kappa shape index (κ2) is 10.4. The summed E-state index contributed by atoms with van der Waals surface area (Å²) < 4.78 is 16.4. The molecule has 3 rings (SSSR count). The van der Waals surface area contributed by atoms with Gasteiger partial charge in [0.2, 0.25) is 11.7 Å². The molecule has 2 aromatic rings. The van der Waals surface area contributed by atoms with Crippen molar-refractivity contribution >= 4 is 51.9 Å². The molecule has 1 fully saturated rings. The van der Waals surface area contributed by atoms with E-state index in [1.807, 2.05) is 0 Å². The van der Waals surface area contributed by atoms with Gasteiger partial charge in [-0.15, -0.1) is 0 Å². The van der Waals surface area contributed by atoms with Crippen LogP contribution in [-0.4, -0.2) is 54.0 Å². The predicted octanol–water partition coefficient (Wildman–Crippen LogP) is 3.65. The van der Waals surface area contributed by atoms with Crippen LogP contribution in [0.15, 0.2) is 41.3 Å². The van der Waals surface area contributed by atoms with Crippen LogP contribution in [0.5, 0.6) is 23.0 Å². The number of carbonyl (C=O) groups excluding carboxylic acids is 2. The van der Waals surface area contributed by atoms with Crippen LogP contribution >= 0.6 is 24.0 Å². The van der Waals surface area contributed by atoms with Gasteiger partial charge in [-0.3, -0.25) is 14.5 Å². The van der Waals surface area contributed by atoms with Crippen molar-refractivity contribution < 1.29 is 28.9 Å². The molecule has 0 aromatic heterocycles. The van der Waals surface area contributed by atoms with Crippen molar-refractivity contribution in [3.63, 3.8) is 0 Å². The number of ether oxygens (including phenoxy) is 3. The van der Waals surface area contributed by atoms with Crippen molar-refractivity contribution in [2.45, 2.75) is 6.42 Å². The third-order valence-electron chi connectivity index (χ3n) is 4.55. The van der Waals surface area contributed by atoms with Crippen LogP contribution in [0.1, 0.15) is 12.0 Å². The monoisotopic (exact) mass is 474 g/mol. The average Bonchev–Trinajstić information content (AvgIpc) is 3.03. The summed E-state index contributed by atoms with van der Waals surface area (Å²) in [5, 5.41) is 12.2. The number of thioether (sulfide) groups is 1. The summed E-state index contributed by atoms with van der Waals surface area (Å²) in [6, 6.07) is 9.71. The number of nitrogens with one attached hydrogen (secondary N) is 1. The first-order valence-corrected chi connectivity index (χ1v) is 10.7. The molecule has 8 nitrogen and oxygen atoms in total. The number of anilines is 1. The van der Waals surface area contributed by atoms with Gasteiger partial charge in [0.15, 0.2) is 11.5 Å². The second-order valence-corrected chi connectivity index (χ2v) is 8.32. The van der Waals surface area contributed by atoms with Crippen molar-refractivity contribution in [3.05, 3.63) is 46.9 Å². The smallest absolute Gasteiger partial charge is 0.266 e. The van der Waals surface area contributed by atoms with E-state index in [-0.39, 0.29) is 30.5 Å². The Hall–Kier alpha value is -3.24. The number of aromatic hydroxyl groups is 1. The lowest BCUT2D eigenvalue weighted by Gasteiger charge is -2.14. The quantitative estimate of drug-likeness (QED) is 0.442. The fraction of sp³-hybridized carbons (Fsp3) is 0.227. The maximum atomic E-state index is 12.9. The molecule has 1 aliphatic rings. The Morgan fingerprint density at radius 3 is 2.44 bits per heavy atom. The van der Waals surface area contributed by atoms with Crippen molar-refractivity contribution in [1.29, 1.82) is 0 Å². The highest BCUT2D eigenvalue weighted by Gasteiger charge is 2.32. The van der Waals surface area contributed by atoms with Gasteiger partial charge in [-0.1, -0.05) is 30.0 Å². The lowest BCUT2D eigenvalue weighted by Crippen LogP contribution is -2.31. The molecule has 0 unspecified atom stereocenters. The Labute approximate surface area is 195 Å². The molecular weight excluding hydrogens is 452 g/mol. The number of hydrogen-bond donors (Lipinski definition) is 2. The van der Waals surface area contributed by atoms with E-state index in [0.717, 1.165) is 11.8 Å². The van der Waals surface area contributed by atoms with Crippen LogP contribution in [-0.2, 0) is 9.59 Å². The van der Waals surface area contributed by atoms with E-state index in [0.29, 0.717) is 37.7 Å². The van der Waals surface area contributed by atoms with Gasteiger partial charge in [0.25, 0.3) is 5.91 Å². The van der Waals surface area contributed by atoms with E-state index in [2.05, 4.69) is 5.32 Å². The number of nitrogens with zero attached hydrogens (tertiary/aromatic N) is 1. The van der Waals surface area contributed by atoms with E-state index in [4.69, 9.17) is 26.4 Å². The zero-order chi connectivity index (χ0) is 23.3. The number of hydrogen-bond acceptors (Lipinski definition) is 8. The zero-order valence-corrected chi connectivity index (χ0v) is 19.3. The van der Waals surface area contributed by atoms with E-state index < -0.39 is 0 Å². The van der Waals surface area contributed by atoms with E-state index >= 15 is 0 Å². The summed E-state index contributed by atoms with van der Waals surface area (Å²) in [5.74, 6) is 0.876. The molecule has 2 N–H and O–H groups in total. The third-order valence-corrected chi connectivity index (χ3v) is 5.93. The van der Waals surface area contributed by atoms with Gasteiger partial charge in [0, 0.05) is 24.7 Å². The molecular formula is C22H22N2O6S2. The summed E-state index contributed by atoms with van der Waals surface area (Å²) in [4.78, 5) is 26.9. The van der Waals surface area contributed by atoms with Gasteiger partial charge in [0.1, 0.15) is 10.1 Å². The molecule has 1 aliphatic heterocycles. The van der Waals surface area contributed by atoms with E-state index in [1.165, 1.54) is 38.4 Å². The molecule has 0 bridgehead atoms. The molecule has 0 spiro atoms. The Kier molecular flexibility index (Phi) is 7.60. The van der Waals surface area contributed by atoms with Crippen LogP contribution in [0.25, 0.3) is 6.08 Å². The molecule has 0 radical (unpaired) electrons. The van der Waals surface area contributed by atoms with Crippen LogP contribution in [0.4, 0.5) is 5.69 Å². The first kappa shape index (κ1) is 23.4. The van der Waals surface area contributed by atoms with Crippen molar-refractivity contribution in [3.8, 4) is 23.0 Å². The van der Waals surface area contributed by atoms with E-state index in [1.54, 1.807) is 30.3 Å². The molecule has 0 aliphatic carbocycles. The predicted molar refractivity (Wildman–Crippen MR) is 127 cm³/mol. The number of methoxy groups -OCH3 is 3. The van der Waals surface area contributed by atoms with Gasteiger partial charge >= 0.3 is 0 Å². The van der Waals surface area contributed by atoms with Gasteiger partial charge in [0.05, 0.1) is 26.2 Å². The molecule has 2 amide bonds. The molecule has 0 atom stereocenters. The first-order chi connectivity index (χ1) is 15.4. The average molecular weight is 475 g/mol. The second-order valence-electron chi connectivity index (χ2n) is 6.64. The number of phenols is 1. The van der Waals surface area contributed by atoms with Crippen LogP contribution in [0.3, 0.4) is 0 Å². The van der Waals surface area contributed by atoms with Gasteiger partial charge in [-0.25, -0.2) is 0 Å². The molecule has 10 heteroatoms. The molecule has 168 valence electrons. The normalized spacial score (nSPS) is 14.6. The Morgan fingerprint density at radius 1 is 1.16 bits per heavy atom. The highest BCUT2D eigenvalue weighted by molar-refractivity contribution is 8.26. The van der Waals surface area contributed by atoms with Gasteiger partial charge in [-0.2, -0.15) is 0 Å². The minimum Gasteiger partial charge on any atom is -0.508 e. The molecule has 2 aromatic carbocycles. The minimum absolute atomic E-state index is 0.0525. The number of carbonyl (C=O) groups is 2. The number of thiocarbonyl (C=S) groups is 1. The zero-order valence-electron chi connectivity index (χ0n) is 17.7. The Morgan fingerprint density at radius 2 is 1.84 bits per heavy atom. The maximum Gasteiger partial charge on any atom is 0.266 e. The van der Waals surface area contributed by atoms with Crippen molar-refractivity contribution in [2.24, 2.45) is 0 Å². The summed E-state index contributed by atoms with van der Waals surface area (Å²) in [7, 11) is 4.55. The van der Waals surface area contributed by atoms with E-state index in [9.17, 15) is 14.7 Å². The van der Waals surface area contributed by atoms with Crippen molar-refractivity contribution in [2.75, 3.05) is 33.2 Å². The summed E-state index contributed by atoms with van der Waals surface area (Å²) in [5.41, 5.74) is 1.16. The highest BCUT2D eigenvalue weighted by Crippen LogP contribution is 2.40. The molecule has 1 saturated heterocycles. The number of phenolic OH excluding ortho intramolecular Hbond substituents is 1. The first-order valence-electron chi connectivity index (χ1n) is 9.50. The third kappa shape index (κ3) is 5.32. The maximum absolute atomic E-state index is 12.9. The van der Waals surface area contributed by atoms with Crippen LogP contribution < -0.4 is 19.5 Å². The van der Waals surface area contributed by atoms with Gasteiger partial charge < -0.3 is 24.6 Å². The summed E-state index contributed by atoms with van der Waals surface area (Å²) >= 11 is 6.50. The fourth-order valence-corrected chi connectivity index (χ4v) is 4.36. The van der Waals surface area contributed by atoms with Crippen LogP contribution in [0, 0.1) is 0 Å². The Bertz CT molecular complexity index is 1060. The highest BCUT2D eigenvalue weighted by atomic mass is 32.2. The summed E-state index contributed by atoms with van der Waals surface area (Å²) in [6.07, 6.45) is 1.75. The lowest BCUT2D eigenvalue weighted by atomic mass is 10.1. The number of amides is 2. The number of benzene rings is 2. The van der Waals surface area contributed by atoms with Gasteiger partial charge in [-0.05, 0) is 35.9 Å². The summed E-state index contributed by atoms with van der Waals surface area (Å²) in [6.45, 7) is 0.141. The number of rotatable bonds is 8. The molecule has 32 heavy (non-hydrogen) atoms. The standard InChI is InChI=1S/C22H22N2O6S2/c1-28-16-9-13(10-17(29-2)20(16)30-3)11-18-21(27)24(22(31)32-18)8-7-19(26)23-14-5-4-6-15(25)12-14/h4-6,9-12,25H,7-8H2,1-3H3,(H,23,26)/b18-11+. The largest absolute Gasteiger partial charge is 0.508 e. The Balaban J connectivity index is 1.70. The topological polar surface area (TPSA) is 97.3 Å². The van der Waals surface area contributed by atoms with Crippen LogP contribution in [0.2, 0.25) is 0 Å². The van der Waals surface area contributed by atoms with Crippen molar-refractivity contribution in [1.82, 2.24) is 4.90 Å². The fourth-order valence-electron chi connectivity index (χ4n) is 3.05. The molecule has 0 saturated carbocycles.